The molecule has 5 heteroatoms. The second-order valence-electron chi connectivity index (χ2n) is 4.95. The maximum absolute atomic E-state index is 4.79. The molecule has 3 rings (SSSR count). The van der Waals surface area contributed by atoms with E-state index in [-0.39, 0.29) is 0 Å². The lowest BCUT2D eigenvalue weighted by Gasteiger charge is -2.20. The largest absolute Gasteiger partial charge is 0.308 e. The fourth-order valence-electron chi connectivity index (χ4n) is 1.99. The molecule has 1 N–H and O–H groups in total. The van der Waals surface area contributed by atoms with Crippen LogP contribution in [0.2, 0.25) is 0 Å². The zero-order valence-electron chi connectivity index (χ0n) is 10.7. The number of thioether (sulfide) groups is 2. The van der Waals surface area contributed by atoms with Crippen LogP contribution in [-0.4, -0.2) is 33.3 Å². The molecule has 1 atom stereocenters. The van der Waals surface area contributed by atoms with Gasteiger partial charge in [-0.25, -0.2) is 9.97 Å². The highest BCUT2D eigenvalue weighted by Crippen LogP contribution is 2.35. The highest BCUT2D eigenvalue weighted by Gasteiger charge is 2.22. The summed E-state index contributed by atoms with van der Waals surface area (Å²) in [6.07, 6.45) is 4.64. The second-order valence-corrected chi connectivity index (χ2v) is 7.41. The van der Waals surface area contributed by atoms with Gasteiger partial charge in [0.05, 0.1) is 10.9 Å². The number of aromatic nitrogens is 2. The van der Waals surface area contributed by atoms with E-state index in [9.17, 15) is 0 Å². The molecule has 2 fully saturated rings. The lowest BCUT2D eigenvalue weighted by molar-refractivity contribution is 0.663. The van der Waals surface area contributed by atoms with Crippen LogP contribution in [0.25, 0.3) is 0 Å². The summed E-state index contributed by atoms with van der Waals surface area (Å²) in [6.45, 7) is 3.01. The molecule has 18 heavy (non-hydrogen) atoms. The number of hydrogen-bond acceptors (Lipinski definition) is 5. The maximum atomic E-state index is 4.79. The molecule has 1 aromatic heterocycles. The van der Waals surface area contributed by atoms with Crippen LogP contribution in [0.3, 0.4) is 0 Å². The Bertz CT molecular complexity index is 415. The van der Waals surface area contributed by atoms with Gasteiger partial charge in [-0.3, -0.25) is 0 Å². The van der Waals surface area contributed by atoms with Crippen LogP contribution in [0.5, 0.6) is 0 Å². The second kappa shape index (κ2) is 5.80. The molecule has 1 aromatic rings. The van der Waals surface area contributed by atoms with Gasteiger partial charge < -0.3 is 5.32 Å². The Labute approximate surface area is 117 Å². The quantitative estimate of drug-likeness (QED) is 0.918. The molecule has 3 nitrogen and oxygen atoms in total. The van der Waals surface area contributed by atoms with Crippen molar-refractivity contribution in [2.75, 3.05) is 17.3 Å². The molecule has 1 saturated carbocycles. The first-order valence-corrected chi connectivity index (χ1v) is 8.78. The normalized spacial score (nSPS) is 24.2. The van der Waals surface area contributed by atoms with E-state index < -0.39 is 0 Å². The number of nitrogens with zero attached hydrogens (tertiary/aromatic N) is 2. The minimum absolute atomic E-state index is 0.490. The Morgan fingerprint density at radius 3 is 3.00 bits per heavy atom. The SMILES string of the molecule is Cc1cnc(C2CSCCS2)nc1CNC1CC1. The molecule has 0 amide bonds. The van der Waals surface area contributed by atoms with Gasteiger partial charge in [0.1, 0.15) is 5.82 Å². The monoisotopic (exact) mass is 281 g/mol. The molecule has 0 bridgehead atoms. The van der Waals surface area contributed by atoms with Crippen molar-refractivity contribution in [2.24, 2.45) is 0 Å². The van der Waals surface area contributed by atoms with Crippen LogP contribution in [0.15, 0.2) is 6.20 Å². The van der Waals surface area contributed by atoms with Crippen LogP contribution in [0, 0.1) is 6.92 Å². The van der Waals surface area contributed by atoms with Gasteiger partial charge in [0, 0.05) is 36.0 Å². The predicted octanol–water partition coefficient (Wildman–Crippen LogP) is 2.56. The maximum Gasteiger partial charge on any atom is 0.142 e. The van der Waals surface area contributed by atoms with Crippen molar-refractivity contribution in [1.29, 1.82) is 0 Å². The Hall–Kier alpha value is -0.260. The molecule has 1 saturated heterocycles. The number of aryl methyl sites for hydroxylation is 1. The van der Waals surface area contributed by atoms with E-state index in [1.807, 2.05) is 29.7 Å². The van der Waals surface area contributed by atoms with Gasteiger partial charge in [-0.15, -0.1) is 11.8 Å². The Morgan fingerprint density at radius 2 is 2.28 bits per heavy atom. The molecule has 1 unspecified atom stereocenters. The number of rotatable bonds is 4. The standard InChI is InChI=1S/C13H19N3S2/c1-9-6-15-13(12-8-17-4-5-18-12)16-11(9)7-14-10-2-3-10/h6,10,12,14H,2-5,7-8H2,1H3. The van der Waals surface area contributed by atoms with E-state index in [0.717, 1.165) is 24.2 Å². The van der Waals surface area contributed by atoms with E-state index >= 15 is 0 Å². The van der Waals surface area contributed by atoms with Gasteiger partial charge in [-0.05, 0) is 25.3 Å². The van der Waals surface area contributed by atoms with Crippen molar-refractivity contribution >= 4 is 23.5 Å². The van der Waals surface area contributed by atoms with Crippen LogP contribution in [0.1, 0.15) is 35.2 Å². The minimum atomic E-state index is 0.490. The van der Waals surface area contributed by atoms with Crippen LogP contribution >= 0.6 is 23.5 Å². The minimum Gasteiger partial charge on any atom is -0.308 e. The molecule has 1 aliphatic carbocycles. The predicted molar refractivity (Wildman–Crippen MR) is 79.2 cm³/mol. The van der Waals surface area contributed by atoms with Gasteiger partial charge in [0.2, 0.25) is 0 Å². The van der Waals surface area contributed by atoms with Gasteiger partial charge >= 0.3 is 0 Å². The molecule has 98 valence electrons. The summed E-state index contributed by atoms with van der Waals surface area (Å²) < 4.78 is 0. The Balaban J connectivity index is 1.71. The number of hydrogen-bond donors (Lipinski definition) is 1. The zero-order valence-corrected chi connectivity index (χ0v) is 12.3. The van der Waals surface area contributed by atoms with E-state index in [2.05, 4.69) is 17.2 Å². The molecular formula is C13H19N3S2. The lowest BCUT2D eigenvalue weighted by atomic mass is 10.2. The lowest BCUT2D eigenvalue weighted by Crippen LogP contribution is -2.19. The van der Waals surface area contributed by atoms with E-state index in [4.69, 9.17) is 4.98 Å². The summed E-state index contributed by atoms with van der Waals surface area (Å²) in [4.78, 5) is 9.32. The molecule has 2 heterocycles. The van der Waals surface area contributed by atoms with E-state index in [1.165, 1.54) is 35.6 Å². The van der Waals surface area contributed by atoms with Crippen molar-refractivity contribution in [3.63, 3.8) is 0 Å². The molecule has 0 spiro atoms. The van der Waals surface area contributed by atoms with Gasteiger partial charge in [-0.2, -0.15) is 11.8 Å². The first-order valence-electron chi connectivity index (χ1n) is 6.58. The third-order valence-corrected chi connectivity index (χ3v) is 6.09. The third kappa shape index (κ3) is 3.19. The molecule has 0 aromatic carbocycles. The first kappa shape index (κ1) is 12.8. The Kier molecular flexibility index (Phi) is 4.11. The third-order valence-electron chi connectivity index (χ3n) is 3.33. The van der Waals surface area contributed by atoms with Gasteiger partial charge in [0.25, 0.3) is 0 Å². The van der Waals surface area contributed by atoms with Gasteiger partial charge in [0.15, 0.2) is 0 Å². The average molecular weight is 281 g/mol. The highest BCUT2D eigenvalue weighted by molar-refractivity contribution is 8.06. The van der Waals surface area contributed by atoms with Gasteiger partial charge in [-0.1, -0.05) is 0 Å². The molecule has 1 aliphatic heterocycles. The van der Waals surface area contributed by atoms with Crippen molar-refractivity contribution in [1.82, 2.24) is 15.3 Å². The summed E-state index contributed by atoms with van der Waals surface area (Å²) in [7, 11) is 0. The fraction of sp³-hybridized carbons (Fsp3) is 0.692. The van der Waals surface area contributed by atoms with E-state index in [1.54, 1.807) is 0 Å². The highest BCUT2D eigenvalue weighted by atomic mass is 32.2. The number of nitrogens with one attached hydrogen (secondary N) is 1. The summed E-state index contributed by atoms with van der Waals surface area (Å²) in [6, 6.07) is 0.738. The van der Waals surface area contributed by atoms with Crippen molar-refractivity contribution in [3.05, 3.63) is 23.3 Å². The Morgan fingerprint density at radius 1 is 1.39 bits per heavy atom. The van der Waals surface area contributed by atoms with Crippen LogP contribution in [0.4, 0.5) is 0 Å². The fourth-order valence-corrected chi connectivity index (χ4v) is 4.60. The van der Waals surface area contributed by atoms with Crippen LogP contribution < -0.4 is 5.32 Å². The average Bonchev–Trinajstić information content (AvgIpc) is 3.23. The first-order chi connectivity index (χ1) is 8.83. The topological polar surface area (TPSA) is 37.8 Å². The molecule has 0 radical (unpaired) electrons. The molecular weight excluding hydrogens is 262 g/mol. The van der Waals surface area contributed by atoms with Crippen LogP contribution in [-0.2, 0) is 6.54 Å². The van der Waals surface area contributed by atoms with Crippen molar-refractivity contribution < 1.29 is 0 Å². The zero-order chi connectivity index (χ0) is 12.4. The van der Waals surface area contributed by atoms with Crippen molar-refractivity contribution in [2.45, 2.75) is 37.6 Å². The van der Waals surface area contributed by atoms with E-state index in [0.29, 0.717) is 5.25 Å². The summed E-state index contributed by atoms with van der Waals surface area (Å²) in [5.41, 5.74) is 2.39. The van der Waals surface area contributed by atoms with Crippen molar-refractivity contribution in [3.8, 4) is 0 Å². The summed E-state index contributed by atoms with van der Waals surface area (Å²) >= 11 is 4.02. The summed E-state index contributed by atoms with van der Waals surface area (Å²) in [5, 5.41) is 4.03. The molecule has 2 aliphatic rings. The summed E-state index contributed by atoms with van der Waals surface area (Å²) in [5.74, 6) is 4.68. The smallest absolute Gasteiger partial charge is 0.142 e.